The Morgan fingerprint density at radius 2 is 1.94 bits per heavy atom. The molecule has 0 spiro atoms. The van der Waals surface area contributed by atoms with Gasteiger partial charge in [0.15, 0.2) is 11.6 Å². The predicted octanol–water partition coefficient (Wildman–Crippen LogP) is 5.75. The number of aromatic nitrogens is 2. The van der Waals surface area contributed by atoms with Crippen LogP contribution in [0.2, 0.25) is 0 Å². The Morgan fingerprint density at radius 1 is 1.06 bits per heavy atom. The number of hydrogen-bond acceptors (Lipinski definition) is 6. The van der Waals surface area contributed by atoms with Crippen LogP contribution in [0.1, 0.15) is 18.4 Å². The van der Waals surface area contributed by atoms with Crippen molar-refractivity contribution in [2.75, 3.05) is 30.0 Å². The second kappa shape index (κ2) is 9.47. The van der Waals surface area contributed by atoms with Crippen molar-refractivity contribution in [3.05, 3.63) is 59.5 Å². The van der Waals surface area contributed by atoms with Crippen molar-refractivity contribution < 1.29 is 17.9 Å². The van der Waals surface area contributed by atoms with Gasteiger partial charge in [-0.2, -0.15) is 11.8 Å². The second-order valence-electron chi connectivity index (χ2n) is 7.06. The number of rotatable bonds is 2. The van der Waals surface area contributed by atoms with E-state index in [1.54, 1.807) is 6.07 Å². The zero-order chi connectivity index (χ0) is 21.8. The van der Waals surface area contributed by atoms with Crippen LogP contribution in [-0.4, -0.2) is 29.4 Å². The van der Waals surface area contributed by atoms with E-state index in [1.807, 2.05) is 6.26 Å². The van der Waals surface area contributed by atoms with Crippen LogP contribution >= 0.6 is 11.8 Å². The summed E-state index contributed by atoms with van der Waals surface area (Å²) in [5.74, 6) is 0.170. The number of fused-ring (bicyclic) bond motifs is 6. The molecule has 0 radical (unpaired) electrons. The molecular formula is C22H21F3N4OS. The molecule has 4 bridgehead atoms. The first-order valence-electron chi connectivity index (χ1n) is 9.82. The summed E-state index contributed by atoms with van der Waals surface area (Å²) < 4.78 is 49.0. The van der Waals surface area contributed by atoms with Crippen molar-refractivity contribution in [1.29, 1.82) is 0 Å². The maximum atomic E-state index is 14.8. The third-order valence-electron chi connectivity index (χ3n) is 4.80. The Balaban J connectivity index is 1.80. The van der Waals surface area contributed by atoms with E-state index in [4.69, 9.17) is 4.74 Å². The number of anilines is 3. The zero-order valence-corrected chi connectivity index (χ0v) is 17.7. The highest BCUT2D eigenvalue weighted by Gasteiger charge is 2.17. The molecule has 4 rings (SSSR count). The molecule has 1 aliphatic heterocycles. The average Bonchev–Trinajstić information content (AvgIpc) is 2.75. The minimum atomic E-state index is -0.566. The summed E-state index contributed by atoms with van der Waals surface area (Å²) in [4.78, 5) is 8.42. The fourth-order valence-corrected chi connectivity index (χ4v) is 3.84. The Labute approximate surface area is 182 Å². The van der Waals surface area contributed by atoms with Gasteiger partial charge in [-0.25, -0.2) is 23.1 Å². The predicted molar refractivity (Wildman–Crippen MR) is 118 cm³/mol. The fourth-order valence-electron chi connectivity index (χ4n) is 3.32. The van der Waals surface area contributed by atoms with Gasteiger partial charge in [0.25, 0.3) is 0 Å². The monoisotopic (exact) mass is 446 g/mol. The highest BCUT2D eigenvalue weighted by atomic mass is 32.2. The van der Waals surface area contributed by atoms with Gasteiger partial charge < -0.3 is 15.4 Å². The number of benzene rings is 1. The molecule has 1 aromatic carbocycles. The summed E-state index contributed by atoms with van der Waals surface area (Å²) in [5, 5.41) is 6.06. The molecule has 1 aliphatic rings. The molecule has 31 heavy (non-hydrogen) atoms. The summed E-state index contributed by atoms with van der Waals surface area (Å²) in [6, 6.07) is 7.11. The molecule has 0 saturated heterocycles. The van der Waals surface area contributed by atoms with Crippen molar-refractivity contribution in [2.45, 2.75) is 18.6 Å². The lowest BCUT2D eigenvalue weighted by Gasteiger charge is -2.14. The summed E-state index contributed by atoms with van der Waals surface area (Å²) >= 11 is 1.50. The van der Waals surface area contributed by atoms with Crippen molar-refractivity contribution in [2.24, 2.45) is 0 Å². The van der Waals surface area contributed by atoms with Crippen LogP contribution in [-0.2, 0) is 5.75 Å². The molecule has 2 aromatic heterocycles. The van der Waals surface area contributed by atoms with E-state index in [1.165, 1.54) is 36.0 Å². The summed E-state index contributed by atoms with van der Waals surface area (Å²) in [7, 11) is 0. The van der Waals surface area contributed by atoms with E-state index < -0.39 is 17.5 Å². The van der Waals surface area contributed by atoms with E-state index in [9.17, 15) is 13.2 Å². The lowest BCUT2D eigenvalue weighted by molar-refractivity contribution is 0.308. The van der Waals surface area contributed by atoms with Gasteiger partial charge in [0.1, 0.15) is 29.0 Å². The van der Waals surface area contributed by atoms with Gasteiger partial charge in [-0.05, 0) is 43.4 Å². The number of pyridine rings is 2. The molecule has 3 aromatic rings. The van der Waals surface area contributed by atoms with Gasteiger partial charge >= 0.3 is 0 Å². The minimum Gasteiger partial charge on any atom is -0.493 e. The smallest absolute Gasteiger partial charge is 0.169 e. The molecule has 3 heterocycles. The van der Waals surface area contributed by atoms with Crippen LogP contribution in [0.4, 0.5) is 30.6 Å². The quantitative estimate of drug-likeness (QED) is 0.523. The van der Waals surface area contributed by atoms with Gasteiger partial charge in [0.2, 0.25) is 0 Å². The lowest BCUT2D eigenvalue weighted by Crippen LogP contribution is -2.10. The largest absolute Gasteiger partial charge is 0.493 e. The molecule has 0 saturated carbocycles. The van der Waals surface area contributed by atoms with E-state index in [0.29, 0.717) is 54.5 Å². The number of nitrogens with zero attached hydrogens (tertiary/aromatic N) is 2. The van der Waals surface area contributed by atoms with E-state index >= 15 is 0 Å². The van der Waals surface area contributed by atoms with E-state index in [-0.39, 0.29) is 17.1 Å². The Hall–Kier alpha value is -2.94. The van der Waals surface area contributed by atoms with Crippen molar-refractivity contribution >= 4 is 29.2 Å². The van der Waals surface area contributed by atoms with Gasteiger partial charge in [-0.3, -0.25) is 0 Å². The average molecular weight is 446 g/mol. The molecular weight excluding hydrogens is 425 g/mol. The summed E-state index contributed by atoms with van der Waals surface area (Å²) in [6.45, 7) is 0.801. The standard InChI is InChI=1S/C22H21F3N4OS/c1-31-12-13-8-20-28-19-10-16(17(24)11-27-19)15-5-4-14(23)9-18(15)30-7-3-2-6-26-22(29-20)21(13)25/h4-5,8-11H,2-3,6-7,12H2,1H3,(H2,26,27,28,29). The number of ether oxygens (including phenoxy) is 1. The second-order valence-corrected chi connectivity index (χ2v) is 7.93. The van der Waals surface area contributed by atoms with Crippen LogP contribution in [0.5, 0.6) is 5.75 Å². The highest BCUT2D eigenvalue weighted by Crippen LogP contribution is 2.34. The molecule has 162 valence electrons. The van der Waals surface area contributed by atoms with E-state index in [2.05, 4.69) is 20.6 Å². The Kier molecular flexibility index (Phi) is 6.50. The summed E-state index contributed by atoms with van der Waals surface area (Å²) in [6.07, 6.45) is 4.30. The van der Waals surface area contributed by atoms with Crippen LogP contribution < -0.4 is 15.4 Å². The van der Waals surface area contributed by atoms with Crippen LogP contribution in [0.15, 0.2) is 36.5 Å². The highest BCUT2D eigenvalue weighted by molar-refractivity contribution is 7.97. The van der Waals surface area contributed by atoms with Gasteiger partial charge in [-0.1, -0.05) is 0 Å². The van der Waals surface area contributed by atoms with Gasteiger partial charge in [0, 0.05) is 35.1 Å². The third kappa shape index (κ3) is 4.87. The van der Waals surface area contributed by atoms with Crippen molar-refractivity contribution in [3.63, 3.8) is 0 Å². The third-order valence-corrected chi connectivity index (χ3v) is 5.40. The van der Waals surface area contributed by atoms with Crippen molar-refractivity contribution in [3.8, 4) is 16.9 Å². The van der Waals surface area contributed by atoms with Crippen molar-refractivity contribution in [1.82, 2.24) is 9.97 Å². The fraction of sp³-hybridized carbons (Fsp3) is 0.273. The summed E-state index contributed by atoms with van der Waals surface area (Å²) in [5.41, 5.74) is 1.14. The SMILES string of the molecule is CSCc1cc2nc(c1F)NCCCCOc1cc(F)ccc1-c1cc(ncc1F)N2. The maximum absolute atomic E-state index is 14.8. The molecule has 9 heteroatoms. The molecule has 0 amide bonds. The topological polar surface area (TPSA) is 59.1 Å². The van der Waals surface area contributed by atoms with Gasteiger partial charge in [-0.15, -0.1) is 0 Å². The molecule has 0 fully saturated rings. The number of halogens is 3. The molecule has 0 aliphatic carbocycles. The molecule has 2 N–H and O–H groups in total. The van der Waals surface area contributed by atoms with Crippen LogP contribution in [0, 0.1) is 17.5 Å². The maximum Gasteiger partial charge on any atom is 0.169 e. The number of nitrogens with one attached hydrogen (secondary N) is 2. The molecule has 0 unspecified atom stereocenters. The Morgan fingerprint density at radius 3 is 2.77 bits per heavy atom. The van der Waals surface area contributed by atoms with Gasteiger partial charge in [0.05, 0.1) is 12.8 Å². The first-order chi connectivity index (χ1) is 15.0. The Bertz CT molecular complexity index is 1100. The number of hydrogen-bond donors (Lipinski definition) is 2. The van der Waals surface area contributed by atoms with E-state index in [0.717, 1.165) is 6.20 Å². The van der Waals surface area contributed by atoms with Crippen LogP contribution in [0.3, 0.4) is 0 Å². The number of thioether (sulfide) groups is 1. The minimum absolute atomic E-state index is 0.150. The normalized spacial score (nSPS) is 13.7. The first-order valence-corrected chi connectivity index (χ1v) is 11.2. The zero-order valence-electron chi connectivity index (χ0n) is 16.8. The first kappa shape index (κ1) is 21.3. The lowest BCUT2D eigenvalue weighted by atomic mass is 10.0. The molecule has 0 atom stereocenters. The molecule has 5 nitrogen and oxygen atoms in total. The van der Waals surface area contributed by atoms with Crippen LogP contribution in [0.25, 0.3) is 11.1 Å².